The quantitative estimate of drug-likeness (QED) is 0.211. The minimum Gasteiger partial charge on any atom is -0.508 e. The van der Waals surface area contributed by atoms with E-state index >= 15 is 0 Å². The van der Waals surface area contributed by atoms with E-state index < -0.39 is 47.4 Å². The van der Waals surface area contributed by atoms with Crippen molar-refractivity contribution >= 4 is 17.7 Å². The average molecular weight is 472 g/mol. The summed E-state index contributed by atoms with van der Waals surface area (Å²) in [5.74, 6) is -4.20. The van der Waals surface area contributed by atoms with E-state index in [1.165, 1.54) is 31.5 Å². The van der Waals surface area contributed by atoms with Crippen molar-refractivity contribution in [1.29, 1.82) is 0 Å². The van der Waals surface area contributed by atoms with Crippen molar-refractivity contribution in [2.24, 2.45) is 5.92 Å². The van der Waals surface area contributed by atoms with Crippen LogP contribution in [0.2, 0.25) is 0 Å². The number of hydrogen-bond donors (Lipinski definition) is 7. The Bertz CT molecular complexity index is 1070. The van der Waals surface area contributed by atoms with Crippen molar-refractivity contribution < 1.29 is 34.9 Å². The lowest BCUT2D eigenvalue weighted by molar-refractivity contribution is -0.144. The number of phenolic OH excluding ortho intramolecular Hbond substituents is 1. The molecule has 0 aromatic heterocycles. The summed E-state index contributed by atoms with van der Waals surface area (Å²) in [5, 5.41) is 45.2. The van der Waals surface area contributed by atoms with Crippen molar-refractivity contribution in [3.8, 4) is 5.75 Å². The van der Waals surface area contributed by atoms with Crippen LogP contribution in [0.25, 0.3) is 0 Å². The highest BCUT2D eigenvalue weighted by atomic mass is 16.5. The topological polar surface area (TPSA) is 168 Å². The molecule has 0 bridgehead atoms. The molecule has 0 saturated carbocycles. The third kappa shape index (κ3) is 5.53. The molecule has 7 N–H and O–H groups in total. The van der Waals surface area contributed by atoms with Crippen LogP contribution in [0, 0.1) is 5.92 Å². The molecule has 182 valence electrons. The minimum atomic E-state index is -1.87. The smallest absolute Gasteiger partial charge is 0.252 e. The van der Waals surface area contributed by atoms with E-state index in [0.29, 0.717) is 17.5 Å². The number of fused-ring (bicyclic) bond motifs is 1. The molecular weight excluding hydrogens is 442 g/mol. The molecule has 3 amide bonds. The first-order valence-corrected chi connectivity index (χ1v) is 10.8. The largest absolute Gasteiger partial charge is 0.508 e. The number of amides is 3. The molecule has 1 aliphatic rings. The van der Waals surface area contributed by atoms with E-state index in [1.807, 2.05) is 12.1 Å². The van der Waals surface area contributed by atoms with Crippen LogP contribution in [0.1, 0.15) is 36.6 Å². The fourth-order valence-electron chi connectivity index (χ4n) is 4.02. The molecule has 0 fully saturated rings. The van der Waals surface area contributed by atoms with Crippen LogP contribution in [0.5, 0.6) is 5.75 Å². The van der Waals surface area contributed by atoms with Crippen molar-refractivity contribution in [2.75, 3.05) is 0 Å². The standard InChI is InChI=1S/C24H29N3O7/c1-24(2,33)23(32)26-20(16(21(30)27-34)11-14-8-4-6-10-17(14)28)22(31)25-19-15-9-5-3-7-13(15)12-18(19)29/h3-10,16,18-20,28-29,33-34H,11-12H2,1-2H3,(H,25,31)(H,26,32)(H,27,30)/t16-,18-,19-,20+/m0/s1. The van der Waals surface area contributed by atoms with Gasteiger partial charge < -0.3 is 26.0 Å². The second-order valence-corrected chi connectivity index (χ2v) is 8.88. The molecule has 2 aromatic rings. The molecular formula is C24H29N3O7. The maximum atomic E-state index is 13.4. The summed E-state index contributed by atoms with van der Waals surface area (Å²) in [6, 6.07) is 11.0. The maximum absolute atomic E-state index is 13.4. The molecule has 0 saturated heterocycles. The molecule has 34 heavy (non-hydrogen) atoms. The third-order valence-electron chi connectivity index (χ3n) is 5.91. The zero-order chi connectivity index (χ0) is 25.0. The number of hydrogen-bond acceptors (Lipinski definition) is 7. The fraction of sp³-hybridized carbons (Fsp3) is 0.375. The van der Waals surface area contributed by atoms with Crippen molar-refractivity contribution in [3.05, 3.63) is 65.2 Å². The summed E-state index contributed by atoms with van der Waals surface area (Å²) in [7, 11) is 0. The Labute approximate surface area is 196 Å². The Hall–Kier alpha value is -3.47. The predicted molar refractivity (Wildman–Crippen MR) is 120 cm³/mol. The second kappa shape index (κ2) is 10.2. The maximum Gasteiger partial charge on any atom is 0.252 e. The van der Waals surface area contributed by atoms with Crippen LogP contribution < -0.4 is 16.1 Å². The highest BCUT2D eigenvalue weighted by Gasteiger charge is 2.41. The van der Waals surface area contributed by atoms with E-state index in [1.54, 1.807) is 24.3 Å². The van der Waals surface area contributed by atoms with Crippen LogP contribution in [0.15, 0.2) is 48.5 Å². The van der Waals surface area contributed by atoms with Gasteiger partial charge in [-0.1, -0.05) is 42.5 Å². The number of aromatic hydroxyl groups is 1. The first-order chi connectivity index (χ1) is 16.0. The summed E-state index contributed by atoms with van der Waals surface area (Å²) >= 11 is 0. The zero-order valence-corrected chi connectivity index (χ0v) is 18.9. The third-order valence-corrected chi connectivity index (χ3v) is 5.91. The lowest BCUT2D eigenvalue weighted by Gasteiger charge is -2.30. The molecule has 0 unspecified atom stereocenters. The fourth-order valence-corrected chi connectivity index (χ4v) is 4.02. The number of aliphatic hydroxyl groups excluding tert-OH is 1. The number of benzene rings is 2. The molecule has 4 atom stereocenters. The first-order valence-electron chi connectivity index (χ1n) is 10.8. The number of hydroxylamine groups is 1. The summed E-state index contributed by atoms with van der Waals surface area (Å²) in [4.78, 5) is 38.6. The summed E-state index contributed by atoms with van der Waals surface area (Å²) in [6.07, 6.45) is -0.817. The van der Waals surface area contributed by atoms with Gasteiger partial charge in [-0.3, -0.25) is 19.6 Å². The second-order valence-electron chi connectivity index (χ2n) is 8.88. The van der Waals surface area contributed by atoms with Crippen LogP contribution in [-0.2, 0) is 27.2 Å². The van der Waals surface area contributed by atoms with Gasteiger partial charge in [0.15, 0.2) is 0 Å². The number of carbonyl (C=O) groups excluding carboxylic acids is 3. The highest BCUT2D eigenvalue weighted by molar-refractivity contribution is 5.95. The van der Waals surface area contributed by atoms with Gasteiger partial charge >= 0.3 is 0 Å². The molecule has 0 aliphatic heterocycles. The predicted octanol–water partition coefficient (Wildman–Crippen LogP) is 0.0865. The van der Waals surface area contributed by atoms with Gasteiger partial charge in [0.2, 0.25) is 11.8 Å². The lowest BCUT2D eigenvalue weighted by atomic mass is 9.89. The number of aliphatic hydroxyl groups is 2. The number of rotatable bonds is 8. The molecule has 10 nitrogen and oxygen atoms in total. The summed E-state index contributed by atoms with van der Waals surface area (Å²) < 4.78 is 0. The van der Waals surface area contributed by atoms with E-state index in [-0.39, 0.29) is 12.2 Å². The Morgan fingerprint density at radius 2 is 1.71 bits per heavy atom. The number of carbonyl (C=O) groups is 3. The van der Waals surface area contributed by atoms with Gasteiger partial charge in [0.05, 0.1) is 18.1 Å². The molecule has 2 aromatic carbocycles. The Balaban J connectivity index is 1.95. The Morgan fingerprint density at radius 3 is 2.35 bits per heavy atom. The van der Waals surface area contributed by atoms with Crippen LogP contribution >= 0.6 is 0 Å². The lowest BCUT2D eigenvalue weighted by Crippen LogP contribution is -2.59. The monoisotopic (exact) mass is 471 g/mol. The highest BCUT2D eigenvalue weighted by Crippen LogP contribution is 2.31. The molecule has 0 spiro atoms. The van der Waals surface area contributed by atoms with Gasteiger partial charge in [-0.05, 0) is 43.0 Å². The number of para-hydroxylation sites is 1. The van der Waals surface area contributed by atoms with Crippen LogP contribution in [0.4, 0.5) is 0 Å². The van der Waals surface area contributed by atoms with E-state index in [9.17, 15) is 34.9 Å². The first kappa shape index (κ1) is 25.2. The molecule has 1 aliphatic carbocycles. The van der Waals surface area contributed by atoms with Crippen LogP contribution in [0.3, 0.4) is 0 Å². The molecule has 0 heterocycles. The van der Waals surface area contributed by atoms with Gasteiger partial charge in [-0.2, -0.15) is 0 Å². The summed E-state index contributed by atoms with van der Waals surface area (Å²) in [5.41, 5.74) is 1.51. The van der Waals surface area contributed by atoms with Crippen molar-refractivity contribution in [3.63, 3.8) is 0 Å². The van der Waals surface area contributed by atoms with E-state index in [4.69, 9.17) is 0 Å². The molecule has 10 heteroatoms. The van der Waals surface area contributed by atoms with Gasteiger partial charge in [0.25, 0.3) is 5.91 Å². The van der Waals surface area contributed by atoms with E-state index in [0.717, 1.165) is 5.56 Å². The van der Waals surface area contributed by atoms with Gasteiger partial charge in [0, 0.05) is 6.42 Å². The number of phenols is 1. The summed E-state index contributed by atoms with van der Waals surface area (Å²) in [6.45, 7) is 2.44. The van der Waals surface area contributed by atoms with Crippen LogP contribution in [-0.4, -0.2) is 56.0 Å². The zero-order valence-electron chi connectivity index (χ0n) is 18.9. The average Bonchev–Trinajstić information content (AvgIpc) is 3.10. The molecule has 3 rings (SSSR count). The van der Waals surface area contributed by atoms with Crippen molar-refractivity contribution in [2.45, 2.75) is 50.5 Å². The minimum absolute atomic E-state index is 0.133. The normalized spacial score (nSPS) is 19.0. The molecule has 0 radical (unpaired) electrons. The van der Waals surface area contributed by atoms with Gasteiger partial charge in [0.1, 0.15) is 17.4 Å². The van der Waals surface area contributed by atoms with Crippen molar-refractivity contribution in [1.82, 2.24) is 16.1 Å². The van der Waals surface area contributed by atoms with E-state index in [2.05, 4.69) is 10.6 Å². The van der Waals surface area contributed by atoms with Gasteiger partial charge in [-0.15, -0.1) is 0 Å². The SMILES string of the molecule is CC(C)(O)C(=O)N[C@@H](C(=O)N[C@H]1c2ccccc2C[C@@H]1O)[C@H](Cc1ccccc1O)C(=O)NO. The Kier molecular flexibility index (Phi) is 7.55. The Morgan fingerprint density at radius 1 is 1.06 bits per heavy atom. The van der Waals surface area contributed by atoms with Gasteiger partial charge in [-0.25, -0.2) is 5.48 Å². The number of nitrogens with one attached hydrogen (secondary N) is 3.